The Morgan fingerprint density at radius 1 is 1.00 bits per heavy atom. The minimum atomic E-state index is -0.0840. The second-order valence-corrected chi connectivity index (χ2v) is 11.0. The molecule has 1 atom stereocenters. The van der Waals surface area contributed by atoms with Gasteiger partial charge >= 0.3 is 0 Å². The number of rotatable bonds is 9. The summed E-state index contributed by atoms with van der Waals surface area (Å²) < 4.78 is 1.82. The lowest BCUT2D eigenvalue weighted by Gasteiger charge is -2.39. The predicted octanol–water partition coefficient (Wildman–Crippen LogP) is 3.17. The van der Waals surface area contributed by atoms with Crippen LogP contribution in [0, 0.1) is 5.92 Å². The van der Waals surface area contributed by atoms with E-state index in [4.69, 9.17) is 11.6 Å². The molecule has 5 rings (SSSR count). The minimum Gasteiger partial charge on any atom is -0.343 e. The SMILES string of the molecule is CC(=O)N1CCC(C(=O)N(CCCN2CCN(C(c3ccccc3)n3cnnn3)CC2)c2cccc(Cl)c2)CC1. The summed E-state index contributed by atoms with van der Waals surface area (Å²) in [4.78, 5) is 34.0. The fourth-order valence-corrected chi connectivity index (χ4v) is 5.98. The maximum Gasteiger partial charge on any atom is 0.230 e. The molecule has 0 bridgehead atoms. The van der Waals surface area contributed by atoms with E-state index in [0.717, 1.165) is 50.4 Å². The molecule has 1 aromatic heterocycles. The lowest BCUT2D eigenvalue weighted by atomic mass is 9.94. The molecule has 2 fully saturated rings. The quantitative estimate of drug-likeness (QED) is 0.394. The zero-order valence-corrected chi connectivity index (χ0v) is 23.7. The molecule has 0 spiro atoms. The van der Waals surface area contributed by atoms with Crippen LogP contribution in [0.1, 0.15) is 37.9 Å². The second-order valence-electron chi connectivity index (χ2n) is 10.6. The van der Waals surface area contributed by atoms with Crippen molar-refractivity contribution in [3.05, 3.63) is 71.5 Å². The number of nitrogens with zero attached hydrogens (tertiary/aromatic N) is 8. The molecule has 11 heteroatoms. The van der Waals surface area contributed by atoms with Crippen LogP contribution in [0.15, 0.2) is 60.9 Å². The maximum atomic E-state index is 13.7. The van der Waals surface area contributed by atoms with Crippen LogP contribution >= 0.6 is 11.6 Å². The number of hydrogen-bond acceptors (Lipinski definition) is 7. The van der Waals surface area contributed by atoms with Gasteiger partial charge in [-0.15, -0.1) is 5.10 Å². The summed E-state index contributed by atoms with van der Waals surface area (Å²) in [6.07, 6.45) is 3.89. The Hall–Kier alpha value is -3.34. The van der Waals surface area contributed by atoms with Crippen LogP contribution in [0.2, 0.25) is 5.02 Å². The van der Waals surface area contributed by atoms with Crippen molar-refractivity contribution in [2.75, 3.05) is 57.3 Å². The first-order valence-electron chi connectivity index (χ1n) is 14.1. The largest absolute Gasteiger partial charge is 0.343 e. The molecular weight excluding hydrogens is 528 g/mol. The summed E-state index contributed by atoms with van der Waals surface area (Å²) in [5.41, 5.74) is 2.00. The maximum absolute atomic E-state index is 13.7. The van der Waals surface area contributed by atoms with Crippen LogP contribution in [0.25, 0.3) is 0 Å². The van der Waals surface area contributed by atoms with Gasteiger partial charge in [0.25, 0.3) is 0 Å². The Labute approximate surface area is 240 Å². The minimum absolute atomic E-state index is 0.0382. The molecule has 2 saturated heterocycles. The van der Waals surface area contributed by atoms with Gasteiger partial charge in [-0.05, 0) is 60.0 Å². The Morgan fingerprint density at radius 2 is 1.75 bits per heavy atom. The van der Waals surface area contributed by atoms with Gasteiger partial charge in [-0.25, -0.2) is 4.68 Å². The van der Waals surface area contributed by atoms with Crippen LogP contribution in [-0.2, 0) is 9.59 Å². The molecule has 40 heavy (non-hydrogen) atoms. The zero-order valence-electron chi connectivity index (χ0n) is 23.0. The highest BCUT2D eigenvalue weighted by molar-refractivity contribution is 6.30. The molecular formula is C29H37ClN8O2. The van der Waals surface area contributed by atoms with Gasteiger partial charge in [0.1, 0.15) is 12.5 Å². The number of hydrogen-bond donors (Lipinski definition) is 0. The number of amides is 2. The summed E-state index contributed by atoms with van der Waals surface area (Å²) in [6, 6.07) is 17.9. The van der Waals surface area contributed by atoms with Crippen molar-refractivity contribution >= 4 is 29.1 Å². The summed E-state index contributed by atoms with van der Waals surface area (Å²) in [6.45, 7) is 8.04. The number of carbonyl (C=O) groups is 2. The molecule has 0 saturated carbocycles. The predicted molar refractivity (Wildman–Crippen MR) is 154 cm³/mol. The van der Waals surface area contributed by atoms with E-state index in [2.05, 4.69) is 37.5 Å². The number of piperidine rings is 1. The van der Waals surface area contributed by atoms with Crippen molar-refractivity contribution in [2.45, 2.75) is 32.4 Å². The summed E-state index contributed by atoms with van der Waals surface area (Å²) in [7, 11) is 0. The van der Waals surface area contributed by atoms with Gasteiger partial charge in [0.2, 0.25) is 11.8 Å². The lowest BCUT2D eigenvalue weighted by Crippen LogP contribution is -2.50. The normalized spacial score (nSPS) is 18.0. The van der Waals surface area contributed by atoms with E-state index in [9.17, 15) is 9.59 Å². The topological polar surface area (TPSA) is 90.7 Å². The van der Waals surface area contributed by atoms with Crippen LogP contribution < -0.4 is 4.90 Å². The first-order valence-corrected chi connectivity index (χ1v) is 14.4. The van der Waals surface area contributed by atoms with Crippen molar-refractivity contribution in [2.24, 2.45) is 5.92 Å². The third-order valence-corrected chi connectivity index (χ3v) is 8.23. The van der Waals surface area contributed by atoms with E-state index >= 15 is 0 Å². The monoisotopic (exact) mass is 564 g/mol. The fourth-order valence-electron chi connectivity index (χ4n) is 5.79. The second kappa shape index (κ2) is 13.3. The van der Waals surface area contributed by atoms with Crippen molar-refractivity contribution < 1.29 is 9.59 Å². The fraction of sp³-hybridized carbons (Fsp3) is 0.483. The van der Waals surface area contributed by atoms with Gasteiger partial charge in [-0.2, -0.15) is 0 Å². The summed E-state index contributed by atoms with van der Waals surface area (Å²) in [5.74, 6) is 0.118. The van der Waals surface area contributed by atoms with Gasteiger partial charge in [0.05, 0.1) is 0 Å². The van der Waals surface area contributed by atoms with E-state index in [1.54, 1.807) is 13.3 Å². The number of carbonyl (C=O) groups excluding carboxylic acids is 2. The standard InChI is InChI=1S/C29H37ClN8O2/c1-23(39)35-15-11-25(12-16-35)29(40)37(27-10-5-9-26(30)21-27)14-6-13-34-17-19-36(20-18-34)28(38-22-31-32-33-38)24-7-3-2-4-8-24/h2-5,7-10,21-22,25,28H,6,11-20H2,1H3. The number of halogens is 1. The van der Waals surface area contributed by atoms with Crippen LogP contribution in [-0.4, -0.2) is 99.1 Å². The first-order chi connectivity index (χ1) is 19.5. The lowest BCUT2D eigenvalue weighted by molar-refractivity contribution is -0.133. The van der Waals surface area contributed by atoms with E-state index in [1.165, 1.54) is 0 Å². The Morgan fingerprint density at radius 3 is 2.40 bits per heavy atom. The Balaban J connectivity index is 1.18. The number of piperazine rings is 1. The smallest absolute Gasteiger partial charge is 0.230 e. The van der Waals surface area contributed by atoms with Gasteiger partial charge < -0.3 is 14.7 Å². The molecule has 3 aromatic rings. The third-order valence-electron chi connectivity index (χ3n) is 8.00. The average Bonchev–Trinajstić information content (AvgIpc) is 3.51. The van der Waals surface area contributed by atoms with E-state index in [0.29, 0.717) is 37.5 Å². The summed E-state index contributed by atoms with van der Waals surface area (Å²) >= 11 is 6.30. The molecule has 1 unspecified atom stereocenters. The highest BCUT2D eigenvalue weighted by atomic mass is 35.5. The van der Waals surface area contributed by atoms with Gasteiger partial charge in [0, 0.05) is 69.4 Å². The number of aromatic nitrogens is 4. The highest BCUT2D eigenvalue weighted by Gasteiger charge is 2.31. The van der Waals surface area contributed by atoms with Gasteiger partial charge in [-0.1, -0.05) is 48.0 Å². The molecule has 0 radical (unpaired) electrons. The van der Waals surface area contributed by atoms with Gasteiger partial charge in [0.15, 0.2) is 0 Å². The molecule has 0 aliphatic carbocycles. The number of likely N-dealkylation sites (tertiary alicyclic amines) is 1. The molecule has 2 aromatic carbocycles. The van der Waals surface area contributed by atoms with Gasteiger partial charge in [-0.3, -0.25) is 14.5 Å². The molecule has 2 aliphatic rings. The van der Waals surface area contributed by atoms with E-state index in [1.807, 2.05) is 56.9 Å². The zero-order chi connectivity index (χ0) is 27.9. The van der Waals surface area contributed by atoms with Crippen LogP contribution in [0.4, 0.5) is 5.69 Å². The van der Waals surface area contributed by atoms with Crippen molar-refractivity contribution in [1.82, 2.24) is 34.9 Å². The molecule has 0 N–H and O–H groups in total. The van der Waals surface area contributed by atoms with Crippen molar-refractivity contribution in [3.8, 4) is 0 Å². The average molecular weight is 565 g/mol. The molecule has 212 valence electrons. The molecule has 10 nitrogen and oxygen atoms in total. The third kappa shape index (κ3) is 6.86. The number of anilines is 1. The highest BCUT2D eigenvalue weighted by Crippen LogP contribution is 2.27. The summed E-state index contributed by atoms with van der Waals surface area (Å²) in [5, 5.41) is 12.5. The van der Waals surface area contributed by atoms with Crippen molar-refractivity contribution in [3.63, 3.8) is 0 Å². The number of benzene rings is 2. The van der Waals surface area contributed by atoms with E-state index < -0.39 is 0 Å². The molecule has 2 amide bonds. The Kier molecular flexibility index (Phi) is 9.41. The molecule has 3 heterocycles. The number of tetrazole rings is 1. The van der Waals surface area contributed by atoms with Crippen molar-refractivity contribution in [1.29, 1.82) is 0 Å². The van der Waals surface area contributed by atoms with Crippen LogP contribution in [0.5, 0.6) is 0 Å². The van der Waals surface area contributed by atoms with Crippen LogP contribution in [0.3, 0.4) is 0 Å². The molecule has 2 aliphatic heterocycles. The Bertz CT molecular complexity index is 1240. The first kappa shape index (κ1) is 28.2. The van der Waals surface area contributed by atoms with E-state index in [-0.39, 0.29) is 23.9 Å².